The highest BCUT2D eigenvalue weighted by Gasteiger charge is 2.55. The van der Waals surface area contributed by atoms with Crippen LogP contribution in [-0.2, 0) is 20.7 Å². The molecule has 0 radical (unpaired) electrons. The van der Waals surface area contributed by atoms with Crippen LogP contribution in [0.25, 0.3) is 0 Å². The zero-order valence-corrected chi connectivity index (χ0v) is 24.3. The second kappa shape index (κ2) is 13.3. The van der Waals surface area contributed by atoms with Crippen LogP contribution < -0.4 is 0 Å². The van der Waals surface area contributed by atoms with Crippen molar-refractivity contribution in [2.24, 2.45) is 5.41 Å². The number of rotatable bonds is 8. The van der Waals surface area contributed by atoms with Crippen molar-refractivity contribution in [1.29, 1.82) is 0 Å². The monoisotopic (exact) mass is 560 g/mol. The van der Waals surface area contributed by atoms with E-state index in [1.54, 1.807) is 12.1 Å². The van der Waals surface area contributed by atoms with Gasteiger partial charge in [-0.05, 0) is 40.0 Å². The van der Waals surface area contributed by atoms with E-state index >= 15 is 0 Å². The molecule has 0 spiro atoms. The van der Waals surface area contributed by atoms with Gasteiger partial charge < -0.3 is 40.0 Å². The van der Waals surface area contributed by atoms with Gasteiger partial charge in [0.2, 0.25) is 0 Å². The molecule has 0 aliphatic heterocycles. The second-order valence-corrected chi connectivity index (χ2v) is 12.8. The van der Waals surface area contributed by atoms with Gasteiger partial charge in [0.05, 0.1) is 25.2 Å². The highest BCUT2D eigenvalue weighted by molar-refractivity contribution is 7.53. The van der Waals surface area contributed by atoms with Gasteiger partial charge in [-0.25, -0.2) is 4.31 Å². The molecule has 0 bridgehead atoms. The predicted octanol–water partition coefficient (Wildman–Crippen LogP) is 3.22. The number of benzene rings is 2. The van der Waals surface area contributed by atoms with Crippen molar-refractivity contribution in [3.05, 3.63) is 70.3 Å². The van der Waals surface area contributed by atoms with Crippen LogP contribution in [0, 0.1) is 12.3 Å². The van der Waals surface area contributed by atoms with Crippen molar-refractivity contribution in [2.45, 2.75) is 64.9 Å². The summed E-state index contributed by atoms with van der Waals surface area (Å²) in [4.78, 5) is 31.3. The Morgan fingerprint density at radius 1 is 0.703 bits per heavy atom. The minimum Gasteiger partial charge on any atom is -0.395 e. The molecule has 0 heterocycles. The first-order valence-electron chi connectivity index (χ1n) is 11.7. The first kappa shape index (κ1) is 34.0. The molecule has 0 saturated carbocycles. The van der Waals surface area contributed by atoms with E-state index in [1.165, 1.54) is 0 Å². The van der Waals surface area contributed by atoms with Gasteiger partial charge in [0.15, 0.2) is 0 Å². The lowest BCUT2D eigenvalue weighted by atomic mass is 9.60. The van der Waals surface area contributed by atoms with Crippen LogP contribution in [0.3, 0.4) is 0 Å². The summed E-state index contributed by atoms with van der Waals surface area (Å²) in [7, 11) is -5.22. The average Bonchev–Trinajstić information content (AvgIpc) is 2.78. The van der Waals surface area contributed by atoms with E-state index in [9.17, 15) is 20.4 Å². The molecule has 0 aromatic heterocycles. The van der Waals surface area contributed by atoms with Crippen LogP contribution in [0.15, 0.2) is 42.5 Å². The summed E-state index contributed by atoms with van der Waals surface area (Å²) in [5.74, 6) is 0. The summed E-state index contributed by atoms with van der Waals surface area (Å²) in [6.45, 7) is 12.8. The first-order chi connectivity index (χ1) is 16.9. The summed E-state index contributed by atoms with van der Waals surface area (Å²) >= 11 is 0. The second-order valence-electron chi connectivity index (χ2n) is 11.2. The van der Waals surface area contributed by atoms with Crippen LogP contribution in [0.4, 0.5) is 0 Å². The standard InChI is InChI=1S/C26H38O4.H4O5P2/c1-18-13-20(23(2,3)4)22(21(14-18)24(5,6)7)26(30,19-11-9-8-10-12-19)25(15-27,16-28)17-29;1-6(2)5-7(3)4/h8-14,27-30H,15-17H2,1-7H3;1-4H. The summed E-state index contributed by atoms with van der Waals surface area (Å²) in [5, 5.41) is 43.8. The lowest BCUT2D eigenvalue weighted by Crippen LogP contribution is -2.55. The Bertz CT molecular complexity index is 933. The lowest BCUT2D eigenvalue weighted by molar-refractivity contribution is -0.137. The largest absolute Gasteiger partial charge is 0.395 e. The molecule has 0 amide bonds. The third-order valence-corrected chi connectivity index (χ3v) is 7.44. The Balaban J connectivity index is 0.000000856. The van der Waals surface area contributed by atoms with Gasteiger partial charge in [-0.2, -0.15) is 0 Å². The van der Waals surface area contributed by atoms with Crippen LogP contribution in [0.5, 0.6) is 0 Å². The molecule has 0 aliphatic rings. The Morgan fingerprint density at radius 2 is 1.08 bits per heavy atom. The van der Waals surface area contributed by atoms with Gasteiger partial charge in [0.1, 0.15) is 5.60 Å². The number of aliphatic hydroxyl groups is 4. The van der Waals surface area contributed by atoms with E-state index in [-0.39, 0.29) is 10.8 Å². The molecule has 210 valence electrons. The number of aryl methyl sites for hydroxylation is 1. The van der Waals surface area contributed by atoms with Crippen LogP contribution in [0.1, 0.15) is 69.4 Å². The van der Waals surface area contributed by atoms with E-state index < -0.39 is 48.0 Å². The zero-order chi connectivity index (χ0) is 28.8. The fraction of sp³-hybridized carbons (Fsp3) is 0.538. The molecule has 8 N–H and O–H groups in total. The highest BCUT2D eigenvalue weighted by Crippen LogP contribution is 2.51. The Morgan fingerprint density at radius 3 is 1.35 bits per heavy atom. The summed E-state index contributed by atoms with van der Waals surface area (Å²) < 4.78 is 3.60. The first-order valence-corrected chi connectivity index (χ1v) is 14.0. The van der Waals surface area contributed by atoms with Crippen LogP contribution in [0.2, 0.25) is 0 Å². The summed E-state index contributed by atoms with van der Waals surface area (Å²) in [5.41, 5.74) is 0.0728. The molecule has 2 rings (SSSR count). The van der Waals surface area contributed by atoms with E-state index in [0.29, 0.717) is 11.1 Å². The molecule has 37 heavy (non-hydrogen) atoms. The molecule has 11 heteroatoms. The molecular weight excluding hydrogens is 518 g/mol. The maximum atomic E-state index is 12.6. The van der Waals surface area contributed by atoms with Gasteiger partial charge >= 0.3 is 17.2 Å². The zero-order valence-electron chi connectivity index (χ0n) is 22.5. The van der Waals surface area contributed by atoms with E-state index in [1.807, 2.05) is 25.1 Å². The van der Waals surface area contributed by atoms with Gasteiger partial charge in [-0.15, -0.1) is 0 Å². The quantitative estimate of drug-likeness (QED) is 0.226. The fourth-order valence-electron chi connectivity index (χ4n) is 4.31. The Hall–Kier alpha value is -1.06. The number of hydrogen-bond acceptors (Lipinski definition) is 9. The van der Waals surface area contributed by atoms with E-state index in [4.69, 9.17) is 19.6 Å². The third-order valence-electron chi connectivity index (χ3n) is 6.27. The Kier molecular flexibility index (Phi) is 12.2. The minimum absolute atomic E-state index is 0.323. The van der Waals surface area contributed by atoms with Crippen molar-refractivity contribution in [1.82, 2.24) is 0 Å². The average molecular weight is 561 g/mol. The fourth-order valence-corrected chi connectivity index (χ4v) is 4.84. The van der Waals surface area contributed by atoms with Crippen molar-refractivity contribution >= 4 is 17.2 Å². The topological polar surface area (TPSA) is 171 Å². The molecule has 0 aliphatic carbocycles. The van der Waals surface area contributed by atoms with Gasteiger partial charge in [-0.3, -0.25) is 0 Å². The predicted molar refractivity (Wildman–Crippen MR) is 146 cm³/mol. The van der Waals surface area contributed by atoms with Crippen LogP contribution >= 0.6 is 17.2 Å². The maximum Gasteiger partial charge on any atom is 0.334 e. The van der Waals surface area contributed by atoms with E-state index in [0.717, 1.165) is 16.7 Å². The van der Waals surface area contributed by atoms with Crippen molar-refractivity contribution in [3.63, 3.8) is 0 Å². The molecule has 2 aromatic rings. The third kappa shape index (κ3) is 7.98. The van der Waals surface area contributed by atoms with E-state index in [2.05, 4.69) is 58.0 Å². The molecule has 1 unspecified atom stereocenters. The molecule has 1 atom stereocenters. The van der Waals surface area contributed by atoms with Gasteiger partial charge in [0, 0.05) is 0 Å². The molecule has 2 aromatic carbocycles. The SMILES string of the molecule is Cc1cc(C(C)(C)C)c(C(O)(c2ccccc2)C(CO)(CO)CO)c(C(C)(C)C)c1.OP(O)OP(O)O. The number of hydrogen-bond donors (Lipinski definition) is 8. The lowest BCUT2D eigenvalue weighted by Gasteiger charge is -2.49. The Labute approximate surface area is 222 Å². The van der Waals surface area contributed by atoms with Crippen LogP contribution in [-0.4, -0.2) is 59.8 Å². The van der Waals surface area contributed by atoms with Crippen molar-refractivity contribution in [2.75, 3.05) is 19.8 Å². The summed E-state index contributed by atoms with van der Waals surface area (Å²) in [6.07, 6.45) is 0. The highest BCUT2D eigenvalue weighted by atomic mass is 31.2. The normalized spacial score (nSPS) is 14.4. The van der Waals surface area contributed by atoms with Crippen molar-refractivity contribution < 1.29 is 44.3 Å². The van der Waals surface area contributed by atoms with Crippen molar-refractivity contribution in [3.8, 4) is 0 Å². The molecular formula is C26H42O9P2. The molecule has 9 nitrogen and oxygen atoms in total. The minimum atomic E-state index is -2.61. The molecule has 0 saturated heterocycles. The van der Waals surface area contributed by atoms with Gasteiger partial charge in [0.25, 0.3) is 0 Å². The maximum absolute atomic E-state index is 12.6. The smallest absolute Gasteiger partial charge is 0.334 e. The van der Waals surface area contributed by atoms with Gasteiger partial charge in [-0.1, -0.05) is 89.6 Å². The molecule has 0 fully saturated rings. The number of aliphatic hydroxyl groups excluding tert-OH is 3. The summed E-state index contributed by atoms with van der Waals surface area (Å²) in [6, 6.07) is 13.2.